The fourth-order valence-electron chi connectivity index (χ4n) is 3.94. The molecule has 5 nitrogen and oxygen atoms in total. The predicted octanol–water partition coefficient (Wildman–Crippen LogP) is 7.18. The second kappa shape index (κ2) is 9.40. The smallest absolute Gasteiger partial charge is 0.262 e. The van der Waals surface area contributed by atoms with E-state index in [1.807, 2.05) is 72.8 Å². The Hall–Kier alpha value is -4.12. The Morgan fingerprint density at radius 2 is 1.82 bits per heavy atom. The van der Waals surface area contributed by atoms with Crippen LogP contribution in [-0.2, 0) is 4.79 Å². The Kier molecular flexibility index (Phi) is 6.00. The van der Waals surface area contributed by atoms with Gasteiger partial charge in [0, 0.05) is 11.3 Å². The first-order chi connectivity index (χ1) is 16.6. The molecular weight excluding hydrogens is 424 g/mol. The molecule has 1 amide bonds. The molecule has 0 bridgehead atoms. The van der Waals surface area contributed by atoms with Gasteiger partial charge in [-0.25, -0.2) is 4.98 Å². The molecule has 0 aliphatic heterocycles. The van der Waals surface area contributed by atoms with Crippen molar-refractivity contribution in [3.63, 3.8) is 0 Å². The van der Waals surface area contributed by atoms with E-state index in [4.69, 9.17) is 9.15 Å². The van der Waals surface area contributed by atoms with E-state index in [0.29, 0.717) is 23.2 Å². The van der Waals surface area contributed by atoms with E-state index in [0.717, 1.165) is 33.9 Å². The first-order valence-electron chi connectivity index (χ1n) is 11.5. The molecule has 4 aromatic carbocycles. The number of hydrogen-bond acceptors (Lipinski definition) is 4. The Bertz CT molecular complexity index is 1470. The van der Waals surface area contributed by atoms with E-state index < -0.39 is 0 Å². The minimum absolute atomic E-state index is 0.0795. The van der Waals surface area contributed by atoms with Gasteiger partial charge >= 0.3 is 0 Å². The second-order valence-electron chi connectivity index (χ2n) is 8.48. The largest absolute Gasteiger partial charge is 0.484 e. The highest BCUT2D eigenvalue weighted by Crippen LogP contribution is 2.29. The van der Waals surface area contributed by atoms with Crippen LogP contribution < -0.4 is 10.1 Å². The van der Waals surface area contributed by atoms with Crippen LogP contribution in [-0.4, -0.2) is 17.5 Å². The molecule has 5 heteroatoms. The molecular formula is C29H26N2O3. The van der Waals surface area contributed by atoms with Crippen molar-refractivity contribution in [2.24, 2.45) is 0 Å². The van der Waals surface area contributed by atoms with Crippen LogP contribution in [0.5, 0.6) is 5.75 Å². The molecule has 1 heterocycles. The van der Waals surface area contributed by atoms with Crippen LogP contribution in [0.1, 0.15) is 31.7 Å². The normalized spacial score (nSPS) is 12.1. The van der Waals surface area contributed by atoms with E-state index >= 15 is 0 Å². The van der Waals surface area contributed by atoms with Crippen molar-refractivity contribution >= 4 is 33.5 Å². The fraction of sp³-hybridized carbons (Fsp3) is 0.172. The van der Waals surface area contributed by atoms with E-state index in [1.165, 1.54) is 5.56 Å². The number of ether oxygens (including phenoxy) is 1. The van der Waals surface area contributed by atoms with Gasteiger partial charge in [0.2, 0.25) is 5.89 Å². The Balaban J connectivity index is 1.27. The lowest BCUT2D eigenvalue weighted by atomic mass is 9.98. The highest BCUT2D eigenvalue weighted by atomic mass is 16.5. The zero-order valence-corrected chi connectivity index (χ0v) is 19.2. The molecule has 0 saturated heterocycles. The quantitative estimate of drug-likeness (QED) is 0.285. The number of oxazole rings is 1. The van der Waals surface area contributed by atoms with Crippen LogP contribution in [0.4, 0.5) is 5.69 Å². The molecule has 0 fully saturated rings. The third-order valence-electron chi connectivity index (χ3n) is 6.08. The van der Waals surface area contributed by atoms with Gasteiger partial charge in [-0.3, -0.25) is 4.79 Å². The number of hydrogen-bond donors (Lipinski definition) is 1. The number of carbonyl (C=O) groups excluding carboxylic acids is 1. The molecule has 0 aliphatic carbocycles. The summed E-state index contributed by atoms with van der Waals surface area (Å²) in [5, 5.41) is 5.09. The minimum atomic E-state index is -0.235. The topological polar surface area (TPSA) is 64.4 Å². The maximum absolute atomic E-state index is 12.5. The predicted molar refractivity (Wildman–Crippen MR) is 136 cm³/mol. The summed E-state index contributed by atoms with van der Waals surface area (Å²) in [6, 6.07) is 27.5. The number of fused-ring (bicyclic) bond motifs is 2. The molecule has 5 rings (SSSR count). The third kappa shape index (κ3) is 4.64. The average Bonchev–Trinajstić information content (AvgIpc) is 3.30. The van der Waals surface area contributed by atoms with Gasteiger partial charge in [-0.2, -0.15) is 0 Å². The molecule has 0 unspecified atom stereocenters. The van der Waals surface area contributed by atoms with Crippen LogP contribution in [0.3, 0.4) is 0 Å². The zero-order valence-electron chi connectivity index (χ0n) is 19.2. The van der Waals surface area contributed by atoms with E-state index in [2.05, 4.69) is 36.3 Å². The van der Waals surface area contributed by atoms with Crippen molar-refractivity contribution in [2.45, 2.75) is 26.2 Å². The summed E-state index contributed by atoms with van der Waals surface area (Å²) in [7, 11) is 0. The Morgan fingerprint density at radius 3 is 2.68 bits per heavy atom. The molecule has 0 spiro atoms. The van der Waals surface area contributed by atoms with Gasteiger partial charge in [0.15, 0.2) is 12.2 Å². The lowest BCUT2D eigenvalue weighted by Gasteiger charge is -2.09. The first-order valence-corrected chi connectivity index (χ1v) is 11.5. The number of carbonyl (C=O) groups is 1. The van der Waals surface area contributed by atoms with Crippen molar-refractivity contribution < 1.29 is 13.9 Å². The summed E-state index contributed by atoms with van der Waals surface area (Å²) in [5.74, 6) is 1.42. The van der Waals surface area contributed by atoms with Crippen molar-refractivity contribution in [2.75, 3.05) is 11.9 Å². The van der Waals surface area contributed by atoms with Gasteiger partial charge in [0.25, 0.3) is 5.91 Å². The number of anilines is 1. The molecule has 1 N–H and O–H groups in total. The van der Waals surface area contributed by atoms with Crippen molar-refractivity contribution in [3.05, 3.63) is 90.5 Å². The van der Waals surface area contributed by atoms with E-state index in [1.54, 1.807) is 0 Å². The number of rotatable bonds is 7. The number of amides is 1. The zero-order chi connectivity index (χ0) is 23.5. The Morgan fingerprint density at radius 1 is 0.971 bits per heavy atom. The average molecular weight is 451 g/mol. The van der Waals surface area contributed by atoms with Crippen LogP contribution >= 0.6 is 0 Å². The molecule has 170 valence electrons. The van der Waals surface area contributed by atoms with Gasteiger partial charge in [-0.15, -0.1) is 0 Å². The summed E-state index contributed by atoms with van der Waals surface area (Å²) < 4.78 is 11.7. The van der Waals surface area contributed by atoms with Crippen molar-refractivity contribution in [1.29, 1.82) is 0 Å². The maximum atomic E-state index is 12.5. The Labute approximate surface area is 198 Å². The molecule has 1 aromatic heterocycles. The minimum Gasteiger partial charge on any atom is -0.484 e. The van der Waals surface area contributed by atoms with Crippen LogP contribution in [0.2, 0.25) is 0 Å². The number of aromatic nitrogens is 1. The highest BCUT2D eigenvalue weighted by molar-refractivity contribution is 5.92. The van der Waals surface area contributed by atoms with Crippen LogP contribution in [0, 0.1) is 0 Å². The lowest BCUT2D eigenvalue weighted by molar-refractivity contribution is -0.118. The van der Waals surface area contributed by atoms with Crippen LogP contribution in [0.15, 0.2) is 89.3 Å². The molecule has 0 aliphatic rings. The van der Waals surface area contributed by atoms with Crippen LogP contribution in [0.25, 0.3) is 33.3 Å². The van der Waals surface area contributed by atoms with Gasteiger partial charge in [-0.1, -0.05) is 56.3 Å². The lowest BCUT2D eigenvalue weighted by Crippen LogP contribution is -2.20. The SMILES string of the molecule is CC[C@H](C)c1ccc2oc(-c3cccc(NC(=O)COc4ccc5ccccc5c4)c3)nc2c1. The monoisotopic (exact) mass is 450 g/mol. The van der Waals surface area contributed by atoms with Gasteiger partial charge in [0.05, 0.1) is 0 Å². The standard InChI is InChI=1S/C29H26N2O3/c1-3-19(2)21-12-14-27-26(17-21)31-29(34-27)23-9-6-10-24(15-23)30-28(32)18-33-25-13-11-20-7-4-5-8-22(20)16-25/h4-17,19H,3,18H2,1-2H3,(H,30,32)/t19-/m0/s1. The highest BCUT2D eigenvalue weighted by Gasteiger charge is 2.12. The summed E-state index contributed by atoms with van der Waals surface area (Å²) in [6.07, 6.45) is 1.07. The van der Waals surface area contributed by atoms with Crippen molar-refractivity contribution in [3.8, 4) is 17.2 Å². The van der Waals surface area contributed by atoms with Crippen molar-refractivity contribution in [1.82, 2.24) is 4.98 Å². The van der Waals surface area contributed by atoms with Gasteiger partial charge < -0.3 is 14.5 Å². The molecule has 1 atom stereocenters. The second-order valence-corrected chi connectivity index (χ2v) is 8.48. The molecule has 5 aromatic rings. The van der Waals surface area contributed by atoms with E-state index in [9.17, 15) is 4.79 Å². The van der Waals surface area contributed by atoms with E-state index in [-0.39, 0.29) is 12.5 Å². The molecule has 0 radical (unpaired) electrons. The first kappa shape index (κ1) is 21.7. The number of nitrogens with zero attached hydrogens (tertiary/aromatic N) is 1. The summed E-state index contributed by atoms with van der Waals surface area (Å²) in [5.41, 5.74) is 4.30. The number of nitrogens with one attached hydrogen (secondary N) is 1. The fourth-order valence-corrected chi connectivity index (χ4v) is 3.94. The van der Waals surface area contributed by atoms with Gasteiger partial charge in [0.1, 0.15) is 11.3 Å². The maximum Gasteiger partial charge on any atom is 0.262 e. The molecule has 34 heavy (non-hydrogen) atoms. The summed E-state index contributed by atoms with van der Waals surface area (Å²) in [4.78, 5) is 17.2. The number of benzene rings is 4. The summed E-state index contributed by atoms with van der Waals surface area (Å²) >= 11 is 0. The summed E-state index contributed by atoms with van der Waals surface area (Å²) in [6.45, 7) is 4.30. The molecule has 0 saturated carbocycles. The van der Waals surface area contributed by atoms with Gasteiger partial charge in [-0.05, 0) is 71.1 Å². The third-order valence-corrected chi connectivity index (χ3v) is 6.08.